The minimum absolute atomic E-state index is 0.0130. The Kier molecular flexibility index (Phi) is 1.98. The number of rotatable bonds is 3. The monoisotopic (exact) mass is 182 g/mol. The first-order chi connectivity index (χ1) is 6.24. The molecule has 4 heteroatoms. The van der Waals surface area contributed by atoms with Gasteiger partial charge in [0.1, 0.15) is 6.54 Å². The van der Waals surface area contributed by atoms with E-state index in [0.29, 0.717) is 13.1 Å². The maximum absolute atomic E-state index is 11.6. The van der Waals surface area contributed by atoms with Crippen molar-refractivity contribution in [2.45, 2.75) is 32.2 Å². The maximum atomic E-state index is 11.6. The lowest BCUT2D eigenvalue weighted by molar-refractivity contribution is -0.125. The Morgan fingerprint density at radius 3 is 2.62 bits per heavy atom. The van der Waals surface area contributed by atoms with Crippen LogP contribution in [0.2, 0.25) is 0 Å². The fourth-order valence-electron chi connectivity index (χ4n) is 1.70. The third-order valence-electron chi connectivity index (χ3n) is 2.48. The van der Waals surface area contributed by atoms with Crippen LogP contribution in [0, 0.1) is 0 Å². The predicted octanol–water partition coefficient (Wildman–Crippen LogP) is 0.823. The fourth-order valence-corrected chi connectivity index (χ4v) is 1.70. The van der Waals surface area contributed by atoms with Gasteiger partial charge in [0.15, 0.2) is 0 Å². The Bertz CT molecular complexity index is 248. The zero-order valence-electron chi connectivity index (χ0n) is 7.82. The summed E-state index contributed by atoms with van der Waals surface area (Å²) in [5, 5.41) is 0. The summed E-state index contributed by atoms with van der Waals surface area (Å²) in [6.07, 6.45) is 2.91. The van der Waals surface area contributed by atoms with Gasteiger partial charge in [0.2, 0.25) is 0 Å². The van der Waals surface area contributed by atoms with E-state index in [0.717, 1.165) is 19.3 Å². The summed E-state index contributed by atoms with van der Waals surface area (Å²) in [6.45, 7) is 3.01. The fraction of sp³-hybridized carbons (Fsp3) is 0.778. The highest BCUT2D eigenvalue weighted by molar-refractivity contribution is 6.02. The number of carbonyl (C=O) groups is 2. The van der Waals surface area contributed by atoms with Crippen molar-refractivity contribution >= 4 is 11.9 Å². The second-order valence-electron chi connectivity index (χ2n) is 3.70. The van der Waals surface area contributed by atoms with Crippen LogP contribution >= 0.6 is 0 Å². The van der Waals surface area contributed by atoms with E-state index in [9.17, 15) is 9.59 Å². The first-order valence-corrected chi connectivity index (χ1v) is 4.85. The summed E-state index contributed by atoms with van der Waals surface area (Å²) in [6, 6.07) is 0.149. The van der Waals surface area contributed by atoms with Crippen LogP contribution in [0.15, 0.2) is 0 Å². The molecule has 4 nitrogen and oxygen atoms in total. The molecule has 0 atom stereocenters. The van der Waals surface area contributed by atoms with Gasteiger partial charge in [0, 0.05) is 12.6 Å². The SMILES string of the molecule is CCCN1CC(=O)N(C2CC2)C1=O. The quantitative estimate of drug-likeness (QED) is 0.606. The molecule has 0 radical (unpaired) electrons. The number of nitrogens with zero attached hydrogens (tertiary/aromatic N) is 2. The van der Waals surface area contributed by atoms with Gasteiger partial charge in [-0.05, 0) is 19.3 Å². The number of urea groups is 1. The van der Waals surface area contributed by atoms with Gasteiger partial charge in [-0.2, -0.15) is 0 Å². The molecule has 1 heterocycles. The molecule has 1 aliphatic carbocycles. The van der Waals surface area contributed by atoms with Crippen molar-refractivity contribution in [2.75, 3.05) is 13.1 Å². The van der Waals surface area contributed by atoms with E-state index in [2.05, 4.69) is 0 Å². The van der Waals surface area contributed by atoms with E-state index in [1.54, 1.807) is 4.90 Å². The van der Waals surface area contributed by atoms with E-state index >= 15 is 0 Å². The molecule has 0 aromatic carbocycles. The van der Waals surface area contributed by atoms with Crippen LogP contribution < -0.4 is 0 Å². The molecule has 3 amide bonds. The van der Waals surface area contributed by atoms with Gasteiger partial charge in [-0.25, -0.2) is 4.79 Å². The predicted molar refractivity (Wildman–Crippen MR) is 47.1 cm³/mol. The lowest BCUT2D eigenvalue weighted by Crippen LogP contribution is -2.34. The molecule has 2 rings (SSSR count). The first-order valence-electron chi connectivity index (χ1n) is 4.85. The summed E-state index contributed by atoms with van der Waals surface area (Å²) < 4.78 is 0. The van der Waals surface area contributed by atoms with Crippen LogP contribution in [0.4, 0.5) is 4.79 Å². The van der Waals surface area contributed by atoms with Crippen molar-refractivity contribution in [1.29, 1.82) is 0 Å². The largest absolute Gasteiger partial charge is 0.327 e. The average Bonchev–Trinajstić information content (AvgIpc) is 2.84. The minimum atomic E-state index is -0.0747. The molecule has 0 aromatic heterocycles. The molecular weight excluding hydrogens is 168 g/mol. The van der Waals surface area contributed by atoms with Crippen molar-refractivity contribution in [3.63, 3.8) is 0 Å². The highest BCUT2D eigenvalue weighted by Gasteiger charge is 2.44. The second-order valence-corrected chi connectivity index (χ2v) is 3.70. The third-order valence-corrected chi connectivity index (χ3v) is 2.48. The number of carbonyl (C=O) groups excluding carboxylic acids is 2. The number of hydrogen-bond acceptors (Lipinski definition) is 2. The second kappa shape index (κ2) is 3.01. The van der Waals surface area contributed by atoms with Crippen LogP contribution in [0.5, 0.6) is 0 Å². The Morgan fingerprint density at radius 1 is 1.38 bits per heavy atom. The van der Waals surface area contributed by atoms with Gasteiger partial charge in [0.25, 0.3) is 5.91 Å². The first kappa shape index (κ1) is 8.53. The highest BCUT2D eigenvalue weighted by atomic mass is 16.2. The average molecular weight is 182 g/mol. The zero-order valence-corrected chi connectivity index (χ0v) is 7.82. The molecule has 0 unspecified atom stereocenters. The van der Waals surface area contributed by atoms with Crippen LogP contribution in [0.25, 0.3) is 0 Å². The Balaban J connectivity index is 2.05. The van der Waals surface area contributed by atoms with Crippen LogP contribution in [-0.4, -0.2) is 40.9 Å². The molecular formula is C9H14N2O2. The van der Waals surface area contributed by atoms with Gasteiger partial charge >= 0.3 is 6.03 Å². The van der Waals surface area contributed by atoms with Crippen molar-refractivity contribution in [1.82, 2.24) is 9.80 Å². The van der Waals surface area contributed by atoms with Gasteiger partial charge in [0.05, 0.1) is 0 Å². The normalized spacial score (nSPS) is 23.2. The summed E-state index contributed by atoms with van der Waals surface area (Å²) in [7, 11) is 0. The lowest BCUT2D eigenvalue weighted by Gasteiger charge is -2.15. The van der Waals surface area contributed by atoms with Crippen LogP contribution in [-0.2, 0) is 4.79 Å². The molecule has 1 aliphatic heterocycles. The van der Waals surface area contributed by atoms with E-state index in [1.807, 2.05) is 6.92 Å². The summed E-state index contributed by atoms with van der Waals surface area (Å²) in [5.41, 5.74) is 0. The van der Waals surface area contributed by atoms with Crippen molar-refractivity contribution < 1.29 is 9.59 Å². The standard InChI is InChI=1S/C9H14N2O2/c1-2-5-10-6-8(12)11(9(10)13)7-3-4-7/h7H,2-6H2,1H3. The van der Waals surface area contributed by atoms with Gasteiger partial charge in [-0.3, -0.25) is 9.69 Å². The van der Waals surface area contributed by atoms with Crippen molar-refractivity contribution in [2.24, 2.45) is 0 Å². The minimum Gasteiger partial charge on any atom is -0.315 e. The van der Waals surface area contributed by atoms with E-state index < -0.39 is 0 Å². The van der Waals surface area contributed by atoms with Crippen molar-refractivity contribution in [3.05, 3.63) is 0 Å². The molecule has 0 bridgehead atoms. The lowest BCUT2D eigenvalue weighted by atomic mass is 10.4. The molecule has 1 saturated carbocycles. The van der Waals surface area contributed by atoms with Gasteiger partial charge in [-0.15, -0.1) is 0 Å². The Labute approximate surface area is 77.5 Å². The highest BCUT2D eigenvalue weighted by Crippen LogP contribution is 2.30. The smallest absolute Gasteiger partial charge is 0.315 e. The Morgan fingerprint density at radius 2 is 2.08 bits per heavy atom. The number of hydrogen-bond donors (Lipinski definition) is 0. The number of amides is 3. The van der Waals surface area contributed by atoms with Crippen LogP contribution in [0.3, 0.4) is 0 Å². The van der Waals surface area contributed by atoms with Crippen LogP contribution in [0.1, 0.15) is 26.2 Å². The molecule has 2 fully saturated rings. The molecule has 0 aromatic rings. The van der Waals surface area contributed by atoms with Gasteiger partial charge in [-0.1, -0.05) is 6.92 Å². The van der Waals surface area contributed by atoms with E-state index in [-0.39, 0.29) is 18.0 Å². The summed E-state index contributed by atoms with van der Waals surface area (Å²) in [4.78, 5) is 26.1. The molecule has 1 saturated heterocycles. The molecule has 0 N–H and O–H groups in total. The Hall–Kier alpha value is -1.06. The molecule has 0 spiro atoms. The van der Waals surface area contributed by atoms with E-state index in [4.69, 9.17) is 0 Å². The van der Waals surface area contributed by atoms with Crippen molar-refractivity contribution in [3.8, 4) is 0 Å². The zero-order chi connectivity index (χ0) is 9.42. The summed E-state index contributed by atoms with van der Waals surface area (Å²) in [5.74, 6) is -0.0130. The molecule has 13 heavy (non-hydrogen) atoms. The number of imide groups is 1. The van der Waals surface area contributed by atoms with E-state index in [1.165, 1.54) is 4.90 Å². The topological polar surface area (TPSA) is 40.6 Å². The third kappa shape index (κ3) is 1.41. The molecule has 72 valence electrons. The maximum Gasteiger partial charge on any atom is 0.327 e. The summed E-state index contributed by atoms with van der Waals surface area (Å²) >= 11 is 0. The van der Waals surface area contributed by atoms with Gasteiger partial charge < -0.3 is 4.90 Å². The molecule has 2 aliphatic rings.